The van der Waals surface area contributed by atoms with Gasteiger partial charge in [0, 0.05) is 19.8 Å². The molecule has 0 N–H and O–H groups in total. The molecule has 0 heterocycles. The smallest absolute Gasteiger partial charge is 0.305 e. The molecule has 2 unspecified atom stereocenters. The van der Waals surface area contributed by atoms with Gasteiger partial charge in [-0.1, -0.05) is 0 Å². The normalized spacial score (nSPS) is 25.6. The lowest BCUT2D eigenvalue weighted by Crippen LogP contribution is -2.32. The predicted octanol–water partition coefficient (Wildman–Crippen LogP) is 1.46. The van der Waals surface area contributed by atoms with Crippen LogP contribution in [0.25, 0.3) is 0 Å². The first-order valence-corrected chi connectivity index (χ1v) is 6.75. The van der Waals surface area contributed by atoms with Crippen molar-refractivity contribution >= 4 is 17.9 Å². The Bertz CT molecular complexity index is 339. The van der Waals surface area contributed by atoms with E-state index < -0.39 is 0 Å². The van der Waals surface area contributed by atoms with Crippen molar-refractivity contribution in [1.29, 1.82) is 0 Å². The van der Waals surface area contributed by atoms with Gasteiger partial charge in [-0.2, -0.15) is 0 Å². The van der Waals surface area contributed by atoms with E-state index >= 15 is 0 Å². The van der Waals surface area contributed by atoms with Crippen LogP contribution in [0.3, 0.4) is 0 Å². The molecule has 0 aliphatic heterocycles. The lowest BCUT2D eigenvalue weighted by Gasteiger charge is -2.33. The van der Waals surface area contributed by atoms with Crippen LogP contribution in [0, 0.1) is 11.8 Å². The summed E-state index contributed by atoms with van der Waals surface area (Å²) in [5, 5.41) is 0. The Morgan fingerprint density at radius 3 is 1.70 bits per heavy atom. The third-order valence-corrected chi connectivity index (χ3v) is 3.56. The van der Waals surface area contributed by atoms with Crippen LogP contribution in [0.1, 0.15) is 39.0 Å². The third-order valence-electron chi connectivity index (χ3n) is 3.56. The van der Waals surface area contributed by atoms with E-state index in [2.05, 4.69) is 9.47 Å². The van der Waals surface area contributed by atoms with Crippen LogP contribution >= 0.6 is 0 Å². The fraction of sp³-hybridized carbons (Fsp3) is 0.786. The molecule has 0 saturated heterocycles. The first kappa shape index (κ1) is 16.5. The highest BCUT2D eigenvalue weighted by Gasteiger charge is 2.33. The fourth-order valence-corrected chi connectivity index (χ4v) is 2.81. The zero-order chi connectivity index (χ0) is 15.1. The van der Waals surface area contributed by atoms with Crippen molar-refractivity contribution in [3.8, 4) is 0 Å². The lowest BCUT2D eigenvalue weighted by molar-refractivity contribution is -0.151. The maximum atomic E-state index is 11.4. The van der Waals surface area contributed by atoms with Crippen molar-refractivity contribution in [2.24, 2.45) is 11.8 Å². The van der Waals surface area contributed by atoms with Gasteiger partial charge in [-0.25, -0.2) is 0 Å². The molecule has 114 valence electrons. The molecule has 6 nitrogen and oxygen atoms in total. The molecule has 0 bridgehead atoms. The molecule has 1 fully saturated rings. The molecule has 20 heavy (non-hydrogen) atoms. The molecule has 1 rings (SSSR count). The third kappa shape index (κ3) is 5.59. The Morgan fingerprint density at radius 1 is 0.900 bits per heavy atom. The summed E-state index contributed by atoms with van der Waals surface area (Å²) in [7, 11) is 2.70. The molecule has 1 aliphatic carbocycles. The second-order valence-electron chi connectivity index (χ2n) is 5.23. The van der Waals surface area contributed by atoms with Crippen molar-refractivity contribution in [1.82, 2.24) is 0 Å². The van der Waals surface area contributed by atoms with E-state index in [0.717, 1.165) is 6.42 Å². The van der Waals surface area contributed by atoms with E-state index in [0.29, 0.717) is 12.8 Å². The van der Waals surface area contributed by atoms with Crippen molar-refractivity contribution in [2.75, 3.05) is 14.2 Å². The van der Waals surface area contributed by atoms with Gasteiger partial charge >= 0.3 is 17.9 Å². The van der Waals surface area contributed by atoms with Crippen LogP contribution in [0.2, 0.25) is 0 Å². The molecular formula is C14H22O6. The van der Waals surface area contributed by atoms with Gasteiger partial charge in [0.1, 0.15) is 6.10 Å². The molecule has 0 radical (unpaired) electrons. The molecule has 1 aliphatic rings. The second-order valence-corrected chi connectivity index (χ2v) is 5.23. The SMILES string of the molecule is COC(=O)CC1CC(CC(=O)OC)CC(OC(C)=O)C1. The minimum absolute atomic E-state index is 0.0650. The van der Waals surface area contributed by atoms with Gasteiger partial charge in [0.25, 0.3) is 0 Å². The van der Waals surface area contributed by atoms with Crippen molar-refractivity contribution in [3.05, 3.63) is 0 Å². The Balaban J connectivity index is 2.63. The quantitative estimate of drug-likeness (QED) is 0.562. The van der Waals surface area contributed by atoms with Crippen molar-refractivity contribution in [3.63, 3.8) is 0 Å². The zero-order valence-electron chi connectivity index (χ0n) is 12.2. The van der Waals surface area contributed by atoms with E-state index in [1.54, 1.807) is 0 Å². The Labute approximate surface area is 118 Å². The molecule has 0 spiro atoms. The average molecular weight is 286 g/mol. The largest absolute Gasteiger partial charge is 0.469 e. The summed E-state index contributed by atoms with van der Waals surface area (Å²) in [5.74, 6) is -0.776. The summed E-state index contributed by atoms with van der Waals surface area (Å²) in [4.78, 5) is 33.8. The molecule has 6 heteroatoms. The van der Waals surface area contributed by atoms with Crippen LogP contribution in [0.4, 0.5) is 0 Å². The summed E-state index contributed by atoms with van der Waals surface area (Å²) in [6, 6.07) is 0. The van der Waals surface area contributed by atoms with E-state index in [1.165, 1.54) is 21.1 Å². The molecule has 0 amide bonds. The molecule has 0 aromatic carbocycles. The number of ether oxygens (including phenoxy) is 3. The lowest BCUT2D eigenvalue weighted by atomic mass is 9.77. The van der Waals surface area contributed by atoms with Crippen molar-refractivity contribution in [2.45, 2.75) is 45.1 Å². The van der Waals surface area contributed by atoms with Crippen LogP contribution in [0.15, 0.2) is 0 Å². The van der Waals surface area contributed by atoms with Gasteiger partial charge in [0.15, 0.2) is 0 Å². The summed E-state index contributed by atoms with van der Waals surface area (Å²) in [5.41, 5.74) is 0. The van der Waals surface area contributed by atoms with Crippen molar-refractivity contribution < 1.29 is 28.6 Å². The van der Waals surface area contributed by atoms with Crippen LogP contribution in [-0.2, 0) is 28.6 Å². The Hall–Kier alpha value is -1.59. The van der Waals surface area contributed by atoms with Gasteiger partial charge in [0.2, 0.25) is 0 Å². The van der Waals surface area contributed by atoms with E-state index in [4.69, 9.17) is 4.74 Å². The van der Waals surface area contributed by atoms with Gasteiger partial charge in [-0.3, -0.25) is 14.4 Å². The number of methoxy groups -OCH3 is 2. The standard InChI is InChI=1S/C14H22O6/c1-9(15)20-12-5-10(7-13(16)18-2)4-11(6-12)8-14(17)19-3/h10-12H,4-8H2,1-3H3. The second kappa shape index (κ2) is 7.87. The molecule has 0 aromatic rings. The Morgan fingerprint density at radius 2 is 1.35 bits per heavy atom. The molecule has 2 atom stereocenters. The van der Waals surface area contributed by atoms with Gasteiger partial charge < -0.3 is 14.2 Å². The van der Waals surface area contributed by atoms with Gasteiger partial charge in [-0.05, 0) is 31.1 Å². The maximum absolute atomic E-state index is 11.4. The highest BCUT2D eigenvalue weighted by atomic mass is 16.5. The molecule has 0 aromatic heterocycles. The zero-order valence-corrected chi connectivity index (χ0v) is 12.2. The average Bonchev–Trinajstić information content (AvgIpc) is 2.37. The predicted molar refractivity (Wildman–Crippen MR) is 69.7 cm³/mol. The first-order valence-electron chi connectivity index (χ1n) is 6.75. The minimum atomic E-state index is -0.342. The summed E-state index contributed by atoms with van der Waals surface area (Å²) in [6.07, 6.45) is 2.32. The van der Waals surface area contributed by atoms with E-state index in [-0.39, 0.29) is 48.7 Å². The first-order chi connectivity index (χ1) is 9.44. The van der Waals surface area contributed by atoms with Gasteiger partial charge in [0.05, 0.1) is 14.2 Å². The van der Waals surface area contributed by atoms with Crippen LogP contribution < -0.4 is 0 Å². The number of carbonyl (C=O) groups is 3. The number of hydrogen-bond acceptors (Lipinski definition) is 6. The summed E-state index contributed by atoms with van der Waals surface area (Å²) < 4.78 is 14.6. The Kier molecular flexibility index (Phi) is 6.48. The highest BCUT2D eigenvalue weighted by molar-refractivity contribution is 5.70. The van der Waals surface area contributed by atoms with Crippen LogP contribution in [0.5, 0.6) is 0 Å². The number of carbonyl (C=O) groups excluding carboxylic acids is 3. The maximum Gasteiger partial charge on any atom is 0.305 e. The summed E-state index contributed by atoms with van der Waals surface area (Å²) >= 11 is 0. The monoisotopic (exact) mass is 286 g/mol. The number of hydrogen-bond donors (Lipinski definition) is 0. The topological polar surface area (TPSA) is 78.9 Å². The van der Waals surface area contributed by atoms with E-state index in [9.17, 15) is 14.4 Å². The van der Waals surface area contributed by atoms with Gasteiger partial charge in [-0.15, -0.1) is 0 Å². The fourth-order valence-electron chi connectivity index (χ4n) is 2.81. The number of esters is 3. The van der Waals surface area contributed by atoms with Crippen LogP contribution in [-0.4, -0.2) is 38.2 Å². The molecular weight excluding hydrogens is 264 g/mol. The molecule has 1 saturated carbocycles. The van der Waals surface area contributed by atoms with E-state index in [1.807, 2.05) is 0 Å². The highest BCUT2D eigenvalue weighted by Crippen LogP contribution is 2.35. The minimum Gasteiger partial charge on any atom is -0.469 e. The number of rotatable bonds is 5. The summed E-state index contributed by atoms with van der Waals surface area (Å²) in [6.45, 7) is 1.36.